The molecule has 1 unspecified atom stereocenters. The maximum absolute atomic E-state index is 13.9. The number of thiazole rings is 1. The first-order valence-corrected chi connectivity index (χ1v) is 8.60. The van der Waals surface area contributed by atoms with Crippen LogP contribution in [0.15, 0.2) is 30.5 Å². The monoisotopic (exact) mass is 347 g/mol. The van der Waals surface area contributed by atoms with Gasteiger partial charge in [0.15, 0.2) is 0 Å². The first kappa shape index (κ1) is 16.6. The van der Waals surface area contributed by atoms with Gasteiger partial charge in [-0.1, -0.05) is 26.0 Å². The molecule has 126 valence electrons. The molecule has 1 saturated heterocycles. The van der Waals surface area contributed by atoms with Crippen molar-refractivity contribution >= 4 is 23.2 Å². The molecule has 0 aliphatic carbocycles. The predicted molar refractivity (Wildman–Crippen MR) is 90.2 cm³/mol. The van der Waals surface area contributed by atoms with E-state index in [0.717, 1.165) is 11.3 Å². The Morgan fingerprint density at radius 1 is 1.42 bits per heavy atom. The Hall–Kier alpha value is -2.28. The zero-order chi connectivity index (χ0) is 17.3. The molecule has 24 heavy (non-hydrogen) atoms. The zero-order valence-electron chi connectivity index (χ0n) is 13.5. The second kappa shape index (κ2) is 6.68. The van der Waals surface area contributed by atoms with E-state index in [1.807, 2.05) is 13.8 Å². The number of hydrogen-bond donors (Lipinski definition) is 1. The van der Waals surface area contributed by atoms with Crippen molar-refractivity contribution < 1.29 is 14.0 Å². The summed E-state index contributed by atoms with van der Waals surface area (Å²) in [5, 5.41) is 3.25. The van der Waals surface area contributed by atoms with Gasteiger partial charge >= 0.3 is 0 Å². The van der Waals surface area contributed by atoms with Crippen LogP contribution in [0.3, 0.4) is 0 Å². The van der Waals surface area contributed by atoms with Gasteiger partial charge in [0.25, 0.3) is 5.91 Å². The average Bonchev–Trinajstić information content (AvgIpc) is 3.03. The molecule has 1 aliphatic rings. The molecule has 1 aliphatic heterocycles. The van der Waals surface area contributed by atoms with Gasteiger partial charge in [0, 0.05) is 18.7 Å². The lowest BCUT2D eigenvalue weighted by molar-refractivity contribution is -0.129. The number of nitrogens with zero attached hydrogens (tertiary/aromatic N) is 2. The molecular formula is C17H18FN3O2S. The lowest BCUT2D eigenvalue weighted by Crippen LogP contribution is -2.59. The molecule has 5 nitrogen and oxygen atoms in total. The average molecular weight is 347 g/mol. The molecule has 0 bridgehead atoms. The number of halogens is 1. The Morgan fingerprint density at radius 2 is 2.17 bits per heavy atom. The SMILES string of the molecule is CC(C)C1C(=O)NCCN1C(=O)c1cnc(-c2ccccc2F)s1. The second-order valence-corrected chi connectivity index (χ2v) is 7.02. The summed E-state index contributed by atoms with van der Waals surface area (Å²) in [6, 6.07) is 5.84. The van der Waals surface area contributed by atoms with Gasteiger partial charge < -0.3 is 10.2 Å². The minimum absolute atomic E-state index is 0.00760. The van der Waals surface area contributed by atoms with Crippen molar-refractivity contribution in [3.63, 3.8) is 0 Å². The van der Waals surface area contributed by atoms with Crippen LogP contribution < -0.4 is 5.32 Å². The van der Waals surface area contributed by atoms with Gasteiger partial charge in [-0.3, -0.25) is 9.59 Å². The smallest absolute Gasteiger partial charge is 0.266 e. The number of aromatic nitrogens is 1. The van der Waals surface area contributed by atoms with Crippen LogP contribution >= 0.6 is 11.3 Å². The zero-order valence-corrected chi connectivity index (χ0v) is 14.3. The normalized spacial score (nSPS) is 17.9. The van der Waals surface area contributed by atoms with E-state index in [0.29, 0.717) is 28.5 Å². The van der Waals surface area contributed by atoms with E-state index in [4.69, 9.17) is 0 Å². The molecule has 1 N–H and O–H groups in total. The minimum Gasteiger partial charge on any atom is -0.353 e. The fourth-order valence-electron chi connectivity index (χ4n) is 2.85. The number of benzene rings is 1. The third-order valence-corrected chi connectivity index (χ3v) is 4.99. The molecule has 0 saturated carbocycles. The summed E-state index contributed by atoms with van der Waals surface area (Å²) in [5.74, 6) is -0.733. The van der Waals surface area contributed by atoms with E-state index in [1.54, 1.807) is 23.1 Å². The van der Waals surface area contributed by atoms with Crippen molar-refractivity contribution in [1.82, 2.24) is 15.2 Å². The first-order chi connectivity index (χ1) is 11.5. The molecule has 7 heteroatoms. The van der Waals surface area contributed by atoms with Crippen molar-refractivity contribution in [3.8, 4) is 10.6 Å². The van der Waals surface area contributed by atoms with E-state index in [1.165, 1.54) is 12.3 Å². The van der Waals surface area contributed by atoms with E-state index in [-0.39, 0.29) is 23.5 Å². The number of nitrogens with one attached hydrogen (secondary N) is 1. The molecule has 0 spiro atoms. The van der Waals surface area contributed by atoms with Crippen LogP contribution in [0.5, 0.6) is 0 Å². The van der Waals surface area contributed by atoms with Crippen LogP contribution in [-0.2, 0) is 4.79 Å². The second-order valence-electron chi connectivity index (χ2n) is 5.99. The Labute approximate surface area is 143 Å². The first-order valence-electron chi connectivity index (χ1n) is 7.78. The molecule has 2 aromatic rings. The third-order valence-electron chi connectivity index (χ3n) is 3.97. The standard InChI is InChI=1S/C17H18FN3O2S/c1-10(2)14-15(22)19-7-8-21(14)17(23)13-9-20-16(24-13)11-5-3-4-6-12(11)18/h3-6,9-10,14H,7-8H2,1-2H3,(H,19,22). The Bertz CT molecular complexity index is 775. The summed E-state index contributed by atoms with van der Waals surface area (Å²) in [6.45, 7) is 4.72. The fourth-order valence-corrected chi connectivity index (χ4v) is 3.75. The molecule has 2 heterocycles. The molecule has 3 rings (SSSR count). The summed E-state index contributed by atoms with van der Waals surface area (Å²) in [6.07, 6.45) is 1.46. The molecule has 0 radical (unpaired) electrons. The predicted octanol–water partition coefficient (Wildman–Crippen LogP) is 2.55. The number of carbonyl (C=O) groups is 2. The van der Waals surface area contributed by atoms with Gasteiger partial charge in [-0.15, -0.1) is 11.3 Å². The Balaban J connectivity index is 1.88. The maximum Gasteiger partial charge on any atom is 0.266 e. The summed E-state index contributed by atoms with van der Waals surface area (Å²) in [7, 11) is 0. The van der Waals surface area contributed by atoms with Crippen molar-refractivity contribution in [2.75, 3.05) is 13.1 Å². The van der Waals surface area contributed by atoms with Gasteiger partial charge in [0.1, 0.15) is 21.7 Å². The summed E-state index contributed by atoms with van der Waals surface area (Å²) in [5.41, 5.74) is 0.373. The third kappa shape index (κ3) is 3.03. The highest BCUT2D eigenvalue weighted by atomic mass is 32.1. The number of hydrogen-bond acceptors (Lipinski definition) is 4. The number of rotatable bonds is 3. The molecular weight excluding hydrogens is 329 g/mol. The quantitative estimate of drug-likeness (QED) is 0.928. The number of amides is 2. The summed E-state index contributed by atoms with van der Waals surface area (Å²) in [4.78, 5) is 31.1. The lowest BCUT2D eigenvalue weighted by Gasteiger charge is -2.36. The van der Waals surface area contributed by atoms with Crippen LogP contribution in [0.2, 0.25) is 0 Å². The van der Waals surface area contributed by atoms with Crippen molar-refractivity contribution in [2.24, 2.45) is 5.92 Å². The van der Waals surface area contributed by atoms with Crippen molar-refractivity contribution in [1.29, 1.82) is 0 Å². The highest BCUT2D eigenvalue weighted by molar-refractivity contribution is 7.16. The van der Waals surface area contributed by atoms with Gasteiger partial charge in [-0.2, -0.15) is 0 Å². The number of piperazine rings is 1. The summed E-state index contributed by atoms with van der Waals surface area (Å²) < 4.78 is 13.9. The van der Waals surface area contributed by atoms with E-state index >= 15 is 0 Å². The lowest BCUT2D eigenvalue weighted by atomic mass is 9.99. The van der Waals surface area contributed by atoms with Crippen LogP contribution in [0.4, 0.5) is 4.39 Å². The largest absolute Gasteiger partial charge is 0.353 e. The topological polar surface area (TPSA) is 62.3 Å². The van der Waals surface area contributed by atoms with Gasteiger partial charge in [0.05, 0.1) is 6.20 Å². The fraction of sp³-hybridized carbons (Fsp3) is 0.353. The highest BCUT2D eigenvalue weighted by Crippen LogP contribution is 2.29. The molecule has 1 aromatic heterocycles. The van der Waals surface area contributed by atoms with Crippen LogP contribution in [0.1, 0.15) is 23.5 Å². The molecule has 1 atom stereocenters. The molecule has 2 amide bonds. The Morgan fingerprint density at radius 3 is 2.88 bits per heavy atom. The van der Waals surface area contributed by atoms with Gasteiger partial charge in [0.2, 0.25) is 5.91 Å². The summed E-state index contributed by atoms with van der Waals surface area (Å²) >= 11 is 1.14. The molecule has 1 fully saturated rings. The van der Waals surface area contributed by atoms with E-state index in [9.17, 15) is 14.0 Å². The minimum atomic E-state index is -0.495. The van der Waals surface area contributed by atoms with Gasteiger partial charge in [-0.05, 0) is 18.1 Å². The Kier molecular flexibility index (Phi) is 4.62. The molecule has 1 aromatic carbocycles. The van der Waals surface area contributed by atoms with E-state index in [2.05, 4.69) is 10.3 Å². The highest BCUT2D eigenvalue weighted by Gasteiger charge is 2.36. The van der Waals surface area contributed by atoms with Crippen LogP contribution in [0, 0.1) is 11.7 Å². The van der Waals surface area contributed by atoms with Gasteiger partial charge in [-0.25, -0.2) is 9.37 Å². The number of carbonyl (C=O) groups excluding carboxylic acids is 2. The maximum atomic E-state index is 13.9. The van der Waals surface area contributed by atoms with Crippen LogP contribution in [0.25, 0.3) is 10.6 Å². The van der Waals surface area contributed by atoms with Crippen molar-refractivity contribution in [3.05, 3.63) is 41.2 Å². The van der Waals surface area contributed by atoms with Crippen molar-refractivity contribution in [2.45, 2.75) is 19.9 Å². The van der Waals surface area contributed by atoms with Crippen LogP contribution in [-0.4, -0.2) is 40.8 Å². The van der Waals surface area contributed by atoms with E-state index < -0.39 is 6.04 Å².